The Bertz CT molecular complexity index is 334. The van der Waals surface area contributed by atoms with Crippen molar-refractivity contribution >= 4 is 6.09 Å². The van der Waals surface area contributed by atoms with Gasteiger partial charge in [-0.1, -0.05) is 27.7 Å². The van der Waals surface area contributed by atoms with Crippen LogP contribution in [0.25, 0.3) is 0 Å². The van der Waals surface area contributed by atoms with Crippen LogP contribution in [-0.2, 0) is 4.74 Å². The number of hydrogen-bond donors (Lipinski definition) is 3. The van der Waals surface area contributed by atoms with E-state index in [9.17, 15) is 9.90 Å². The zero-order valence-corrected chi connectivity index (χ0v) is 16.2. The average Bonchev–Trinajstić information content (AvgIpc) is 2.51. The minimum atomic E-state index is -0.491. The van der Waals surface area contributed by atoms with E-state index >= 15 is 0 Å². The van der Waals surface area contributed by atoms with E-state index in [2.05, 4.69) is 38.3 Å². The van der Waals surface area contributed by atoms with Crippen LogP contribution in [0.5, 0.6) is 0 Å². The number of aliphatic hydroxyl groups is 1. The zero-order valence-electron chi connectivity index (χ0n) is 16.2. The minimum absolute atomic E-state index is 0.0957. The molecule has 0 heterocycles. The SMILES string of the molecule is CCC(CC)(CO)CNC(CC)(CC)CNC(=O)OC(C)(C)C. The van der Waals surface area contributed by atoms with Crippen LogP contribution < -0.4 is 10.6 Å². The van der Waals surface area contributed by atoms with Crippen LogP contribution in [0.15, 0.2) is 0 Å². The summed E-state index contributed by atoms with van der Waals surface area (Å²) in [5.74, 6) is 0. The molecule has 0 saturated carbocycles. The Morgan fingerprint density at radius 2 is 1.48 bits per heavy atom. The third-order valence-electron chi connectivity index (χ3n) is 5.00. The Kier molecular flexibility index (Phi) is 9.14. The molecule has 3 N–H and O–H groups in total. The van der Waals surface area contributed by atoms with Gasteiger partial charge in [0.25, 0.3) is 0 Å². The number of hydrogen-bond acceptors (Lipinski definition) is 4. The predicted octanol–water partition coefficient (Wildman–Crippen LogP) is 3.46. The van der Waals surface area contributed by atoms with Crippen LogP contribution in [-0.4, -0.2) is 42.0 Å². The number of ether oxygens (including phenoxy) is 1. The quantitative estimate of drug-likeness (QED) is 0.574. The Morgan fingerprint density at radius 3 is 1.83 bits per heavy atom. The summed E-state index contributed by atoms with van der Waals surface area (Å²) in [4.78, 5) is 11.9. The minimum Gasteiger partial charge on any atom is -0.444 e. The van der Waals surface area contributed by atoms with Crippen molar-refractivity contribution in [3.05, 3.63) is 0 Å². The van der Waals surface area contributed by atoms with Gasteiger partial charge in [-0.05, 0) is 46.5 Å². The molecule has 5 nitrogen and oxygen atoms in total. The molecule has 0 aliphatic rings. The molecular weight excluding hydrogens is 292 g/mol. The van der Waals surface area contributed by atoms with E-state index in [1.165, 1.54) is 0 Å². The molecule has 0 aliphatic heterocycles. The van der Waals surface area contributed by atoms with E-state index in [-0.39, 0.29) is 23.7 Å². The van der Waals surface area contributed by atoms with Crippen molar-refractivity contribution in [2.24, 2.45) is 5.41 Å². The highest BCUT2D eigenvalue weighted by molar-refractivity contribution is 5.67. The Hall–Kier alpha value is -0.810. The van der Waals surface area contributed by atoms with Crippen molar-refractivity contribution in [3.8, 4) is 0 Å². The molecule has 0 unspecified atom stereocenters. The molecule has 0 aromatic rings. The third kappa shape index (κ3) is 7.53. The second-order valence-corrected chi connectivity index (χ2v) is 7.56. The van der Waals surface area contributed by atoms with Gasteiger partial charge in [0.2, 0.25) is 0 Å². The van der Waals surface area contributed by atoms with Gasteiger partial charge >= 0.3 is 6.09 Å². The van der Waals surface area contributed by atoms with Gasteiger partial charge in [-0.3, -0.25) is 0 Å². The maximum Gasteiger partial charge on any atom is 0.407 e. The molecule has 0 atom stereocenters. The van der Waals surface area contributed by atoms with Crippen LogP contribution >= 0.6 is 0 Å². The highest BCUT2D eigenvalue weighted by Gasteiger charge is 2.32. The van der Waals surface area contributed by atoms with Crippen molar-refractivity contribution in [3.63, 3.8) is 0 Å². The molecule has 0 aromatic carbocycles. The summed E-state index contributed by atoms with van der Waals surface area (Å²) < 4.78 is 5.31. The summed E-state index contributed by atoms with van der Waals surface area (Å²) in [6.07, 6.45) is 3.26. The maximum absolute atomic E-state index is 11.9. The van der Waals surface area contributed by atoms with Gasteiger partial charge in [0.05, 0.1) is 0 Å². The number of amides is 1. The van der Waals surface area contributed by atoms with Gasteiger partial charge in [0, 0.05) is 30.7 Å². The lowest BCUT2D eigenvalue weighted by Crippen LogP contribution is -2.56. The van der Waals surface area contributed by atoms with Crippen LogP contribution in [0.2, 0.25) is 0 Å². The lowest BCUT2D eigenvalue weighted by Gasteiger charge is -2.39. The fourth-order valence-corrected chi connectivity index (χ4v) is 2.52. The molecular formula is C18H38N2O3. The number of rotatable bonds is 10. The first-order valence-corrected chi connectivity index (χ1v) is 8.94. The van der Waals surface area contributed by atoms with Gasteiger partial charge in [-0.15, -0.1) is 0 Å². The fourth-order valence-electron chi connectivity index (χ4n) is 2.52. The van der Waals surface area contributed by atoms with E-state index in [4.69, 9.17) is 4.74 Å². The molecule has 0 bridgehead atoms. The second kappa shape index (κ2) is 9.48. The van der Waals surface area contributed by atoms with E-state index in [0.717, 1.165) is 32.2 Å². The van der Waals surface area contributed by atoms with Crippen molar-refractivity contribution in [1.82, 2.24) is 10.6 Å². The summed E-state index contributed by atoms with van der Waals surface area (Å²) in [5, 5.41) is 16.2. The van der Waals surface area contributed by atoms with Gasteiger partial charge in [-0.2, -0.15) is 0 Å². The van der Waals surface area contributed by atoms with Crippen LogP contribution in [0.3, 0.4) is 0 Å². The second-order valence-electron chi connectivity index (χ2n) is 7.56. The highest BCUT2D eigenvalue weighted by atomic mass is 16.6. The van der Waals surface area contributed by atoms with Crippen LogP contribution in [0.4, 0.5) is 4.79 Å². The summed E-state index contributed by atoms with van der Waals surface area (Å²) >= 11 is 0. The summed E-state index contributed by atoms with van der Waals surface area (Å²) in [5.41, 5.74) is -0.766. The monoisotopic (exact) mass is 330 g/mol. The number of carbonyl (C=O) groups excluding carboxylic acids is 1. The summed E-state index contributed by atoms with van der Waals surface area (Å²) in [6.45, 7) is 15.5. The molecule has 5 heteroatoms. The maximum atomic E-state index is 11.9. The average molecular weight is 331 g/mol. The van der Waals surface area contributed by atoms with E-state index in [0.29, 0.717) is 6.54 Å². The summed E-state index contributed by atoms with van der Waals surface area (Å²) in [6, 6.07) is 0. The third-order valence-corrected chi connectivity index (χ3v) is 5.00. The molecule has 0 spiro atoms. The first-order valence-electron chi connectivity index (χ1n) is 8.94. The van der Waals surface area contributed by atoms with E-state index < -0.39 is 5.60 Å². The van der Waals surface area contributed by atoms with Gasteiger partial charge in [-0.25, -0.2) is 4.79 Å². The Labute approximate surface area is 142 Å². The molecule has 138 valence electrons. The Balaban J connectivity index is 4.77. The number of carbonyl (C=O) groups is 1. The predicted molar refractivity (Wildman–Crippen MR) is 95.7 cm³/mol. The smallest absolute Gasteiger partial charge is 0.407 e. The van der Waals surface area contributed by atoms with Gasteiger partial charge < -0.3 is 20.5 Å². The highest BCUT2D eigenvalue weighted by Crippen LogP contribution is 2.26. The normalized spacial score (nSPS) is 13.0. The lowest BCUT2D eigenvalue weighted by atomic mass is 9.81. The molecule has 0 rings (SSSR count). The standard InChI is InChI=1S/C18H38N2O3/c1-8-17(9-2,14-21)12-20-18(10-3,11-4)13-19-15(22)23-16(5,6)7/h20-21H,8-14H2,1-7H3,(H,19,22). The topological polar surface area (TPSA) is 70.6 Å². The van der Waals surface area contributed by atoms with Crippen molar-refractivity contribution in [2.45, 2.75) is 85.3 Å². The van der Waals surface area contributed by atoms with Crippen LogP contribution in [0, 0.1) is 5.41 Å². The molecule has 1 amide bonds. The van der Waals surface area contributed by atoms with Crippen LogP contribution in [0.1, 0.15) is 74.1 Å². The molecule has 0 saturated heterocycles. The molecule has 23 heavy (non-hydrogen) atoms. The molecule has 0 radical (unpaired) electrons. The Morgan fingerprint density at radius 1 is 0.957 bits per heavy atom. The zero-order chi connectivity index (χ0) is 18.1. The summed E-state index contributed by atoms with van der Waals surface area (Å²) in [7, 11) is 0. The number of aliphatic hydroxyl groups excluding tert-OH is 1. The molecule has 0 fully saturated rings. The lowest BCUT2D eigenvalue weighted by molar-refractivity contribution is 0.0497. The first kappa shape index (κ1) is 22.2. The number of alkyl carbamates (subject to hydrolysis) is 1. The fraction of sp³-hybridized carbons (Fsp3) is 0.944. The molecule has 0 aromatic heterocycles. The van der Waals surface area contributed by atoms with Gasteiger partial charge in [0.15, 0.2) is 0 Å². The van der Waals surface area contributed by atoms with Crippen molar-refractivity contribution in [2.75, 3.05) is 19.7 Å². The molecule has 0 aliphatic carbocycles. The van der Waals surface area contributed by atoms with E-state index in [1.54, 1.807) is 0 Å². The van der Waals surface area contributed by atoms with Gasteiger partial charge in [0.1, 0.15) is 5.60 Å². The number of nitrogens with one attached hydrogen (secondary N) is 2. The largest absolute Gasteiger partial charge is 0.444 e. The van der Waals surface area contributed by atoms with E-state index in [1.807, 2.05) is 20.8 Å². The van der Waals surface area contributed by atoms with Crippen molar-refractivity contribution in [1.29, 1.82) is 0 Å². The first-order chi connectivity index (χ1) is 10.6. The van der Waals surface area contributed by atoms with Crippen molar-refractivity contribution < 1.29 is 14.6 Å².